The predicted molar refractivity (Wildman–Crippen MR) is 82.5 cm³/mol. The van der Waals surface area contributed by atoms with Crippen molar-refractivity contribution >= 4 is 11.6 Å². The van der Waals surface area contributed by atoms with Gasteiger partial charge >= 0.3 is 0 Å². The van der Waals surface area contributed by atoms with Crippen LogP contribution in [-0.2, 0) is 6.54 Å². The maximum absolute atomic E-state index is 6.36. The highest BCUT2D eigenvalue weighted by atomic mass is 35.5. The monoisotopic (exact) mass is 294 g/mol. The second-order valence-electron chi connectivity index (χ2n) is 6.05. The van der Waals surface area contributed by atoms with Crippen molar-refractivity contribution in [2.75, 3.05) is 26.7 Å². The SMILES string of the molecule is COc1cccc(Cl)c1CN1CCNC2(CCCC2)C1. The van der Waals surface area contributed by atoms with Crippen LogP contribution in [0.25, 0.3) is 0 Å². The predicted octanol–water partition coefficient (Wildman–Crippen LogP) is 3.07. The molecule has 0 unspecified atom stereocenters. The summed E-state index contributed by atoms with van der Waals surface area (Å²) in [5.74, 6) is 0.900. The van der Waals surface area contributed by atoms with Crippen molar-refractivity contribution in [2.24, 2.45) is 0 Å². The molecule has 3 rings (SSSR count). The van der Waals surface area contributed by atoms with Crippen molar-refractivity contribution in [3.05, 3.63) is 28.8 Å². The summed E-state index contributed by atoms with van der Waals surface area (Å²) in [5.41, 5.74) is 1.47. The first-order valence-electron chi connectivity index (χ1n) is 7.51. The zero-order valence-electron chi connectivity index (χ0n) is 12.1. The third-order valence-electron chi connectivity index (χ3n) is 4.69. The Morgan fingerprint density at radius 1 is 1.35 bits per heavy atom. The Morgan fingerprint density at radius 3 is 2.90 bits per heavy atom. The molecule has 4 heteroatoms. The molecule has 20 heavy (non-hydrogen) atoms. The van der Waals surface area contributed by atoms with Crippen molar-refractivity contribution in [1.29, 1.82) is 0 Å². The lowest BCUT2D eigenvalue weighted by molar-refractivity contribution is 0.128. The van der Waals surface area contributed by atoms with Crippen LogP contribution in [0.15, 0.2) is 18.2 Å². The molecular formula is C16H23ClN2O. The zero-order valence-corrected chi connectivity index (χ0v) is 12.9. The van der Waals surface area contributed by atoms with Crippen molar-refractivity contribution in [3.8, 4) is 5.75 Å². The molecule has 0 radical (unpaired) electrons. The Morgan fingerprint density at radius 2 is 2.15 bits per heavy atom. The molecule has 1 saturated heterocycles. The molecule has 2 fully saturated rings. The first-order valence-corrected chi connectivity index (χ1v) is 7.89. The van der Waals surface area contributed by atoms with E-state index in [0.717, 1.165) is 42.5 Å². The average molecular weight is 295 g/mol. The minimum atomic E-state index is 0.354. The van der Waals surface area contributed by atoms with Crippen LogP contribution in [0.3, 0.4) is 0 Å². The van der Waals surface area contributed by atoms with Crippen molar-refractivity contribution in [3.63, 3.8) is 0 Å². The Bertz CT molecular complexity index is 472. The molecule has 1 spiro atoms. The van der Waals surface area contributed by atoms with Gasteiger partial charge in [-0.3, -0.25) is 4.90 Å². The van der Waals surface area contributed by atoms with Crippen LogP contribution in [0.1, 0.15) is 31.2 Å². The van der Waals surface area contributed by atoms with Crippen molar-refractivity contribution in [1.82, 2.24) is 10.2 Å². The number of hydrogen-bond donors (Lipinski definition) is 1. The van der Waals surface area contributed by atoms with Crippen LogP contribution < -0.4 is 10.1 Å². The van der Waals surface area contributed by atoms with Gasteiger partial charge in [0.15, 0.2) is 0 Å². The van der Waals surface area contributed by atoms with Gasteiger partial charge in [0.05, 0.1) is 7.11 Å². The van der Waals surface area contributed by atoms with E-state index in [-0.39, 0.29) is 0 Å². The summed E-state index contributed by atoms with van der Waals surface area (Å²) in [5, 5.41) is 4.56. The first kappa shape index (κ1) is 14.2. The molecule has 1 N–H and O–H groups in total. The summed E-state index contributed by atoms with van der Waals surface area (Å²) in [7, 11) is 1.71. The van der Waals surface area contributed by atoms with E-state index in [4.69, 9.17) is 16.3 Å². The number of methoxy groups -OCH3 is 1. The quantitative estimate of drug-likeness (QED) is 0.927. The molecular weight excluding hydrogens is 272 g/mol. The fraction of sp³-hybridized carbons (Fsp3) is 0.625. The van der Waals surface area contributed by atoms with Gasteiger partial charge in [-0.2, -0.15) is 0 Å². The number of nitrogens with zero attached hydrogens (tertiary/aromatic N) is 1. The molecule has 1 aliphatic heterocycles. The summed E-state index contributed by atoms with van der Waals surface area (Å²) >= 11 is 6.36. The van der Waals surface area contributed by atoms with Gasteiger partial charge in [0, 0.05) is 42.3 Å². The summed E-state index contributed by atoms with van der Waals surface area (Å²) < 4.78 is 5.46. The van der Waals surface area contributed by atoms with Crippen LogP contribution >= 0.6 is 11.6 Å². The van der Waals surface area contributed by atoms with Crippen LogP contribution in [-0.4, -0.2) is 37.2 Å². The molecule has 1 heterocycles. The second-order valence-corrected chi connectivity index (χ2v) is 6.45. The van der Waals surface area contributed by atoms with Gasteiger partial charge in [-0.15, -0.1) is 0 Å². The summed E-state index contributed by atoms with van der Waals surface area (Å²) in [4.78, 5) is 2.52. The van der Waals surface area contributed by atoms with Gasteiger partial charge in [-0.05, 0) is 25.0 Å². The largest absolute Gasteiger partial charge is 0.496 e. The zero-order chi connectivity index (χ0) is 14.0. The molecule has 0 bridgehead atoms. The molecule has 1 aliphatic carbocycles. The first-order chi connectivity index (χ1) is 9.72. The van der Waals surface area contributed by atoms with E-state index >= 15 is 0 Å². The Labute approximate surface area is 126 Å². The molecule has 0 aromatic heterocycles. The maximum atomic E-state index is 6.36. The van der Waals surface area contributed by atoms with Crippen molar-refractivity contribution in [2.45, 2.75) is 37.8 Å². The van der Waals surface area contributed by atoms with Gasteiger partial charge < -0.3 is 10.1 Å². The lowest BCUT2D eigenvalue weighted by Gasteiger charge is -2.41. The highest BCUT2D eigenvalue weighted by Gasteiger charge is 2.37. The van der Waals surface area contributed by atoms with E-state index in [0.29, 0.717) is 5.54 Å². The van der Waals surface area contributed by atoms with E-state index in [1.165, 1.54) is 25.7 Å². The topological polar surface area (TPSA) is 24.5 Å². The van der Waals surface area contributed by atoms with E-state index in [1.54, 1.807) is 7.11 Å². The minimum absolute atomic E-state index is 0.354. The summed E-state index contributed by atoms with van der Waals surface area (Å²) in [6.45, 7) is 4.16. The highest BCUT2D eigenvalue weighted by Crippen LogP contribution is 2.34. The van der Waals surface area contributed by atoms with Crippen LogP contribution in [0, 0.1) is 0 Å². The third kappa shape index (κ3) is 2.80. The smallest absolute Gasteiger partial charge is 0.124 e. The standard InChI is InChI=1S/C16H23ClN2O/c1-20-15-6-4-5-14(17)13(15)11-19-10-9-18-16(12-19)7-2-3-8-16/h4-6,18H,2-3,7-12H2,1H3. The van der Waals surface area contributed by atoms with Gasteiger partial charge in [-0.1, -0.05) is 30.5 Å². The normalized spacial score (nSPS) is 22.3. The number of benzene rings is 1. The number of hydrogen-bond acceptors (Lipinski definition) is 3. The summed E-state index contributed by atoms with van der Waals surface area (Å²) in [6.07, 6.45) is 5.33. The number of rotatable bonds is 3. The van der Waals surface area contributed by atoms with E-state index in [1.807, 2.05) is 18.2 Å². The number of halogens is 1. The van der Waals surface area contributed by atoms with E-state index in [2.05, 4.69) is 10.2 Å². The molecule has 0 amide bonds. The Kier molecular flexibility index (Phi) is 4.20. The van der Waals surface area contributed by atoms with Gasteiger partial charge in [0.25, 0.3) is 0 Å². The maximum Gasteiger partial charge on any atom is 0.124 e. The third-order valence-corrected chi connectivity index (χ3v) is 5.05. The highest BCUT2D eigenvalue weighted by molar-refractivity contribution is 6.31. The van der Waals surface area contributed by atoms with E-state index in [9.17, 15) is 0 Å². The van der Waals surface area contributed by atoms with Gasteiger partial charge in [0.1, 0.15) is 5.75 Å². The molecule has 110 valence electrons. The number of nitrogens with one attached hydrogen (secondary N) is 1. The fourth-order valence-electron chi connectivity index (χ4n) is 3.67. The molecule has 1 aromatic carbocycles. The second kappa shape index (κ2) is 5.92. The molecule has 0 atom stereocenters. The van der Waals surface area contributed by atoms with Gasteiger partial charge in [-0.25, -0.2) is 0 Å². The summed E-state index contributed by atoms with van der Waals surface area (Å²) in [6, 6.07) is 5.89. The van der Waals surface area contributed by atoms with Crippen LogP contribution in [0.4, 0.5) is 0 Å². The van der Waals surface area contributed by atoms with Crippen molar-refractivity contribution < 1.29 is 4.74 Å². The van der Waals surface area contributed by atoms with Gasteiger partial charge in [0.2, 0.25) is 0 Å². The molecule has 1 saturated carbocycles. The Balaban J connectivity index is 1.74. The number of piperazine rings is 1. The average Bonchev–Trinajstić information content (AvgIpc) is 2.89. The van der Waals surface area contributed by atoms with Crippen LogP contribution in [0.2, 0.25) is 5.02 Å². The van der Waals surface area contributed by atoms with Crippen LogP contribution in [0.5, 0.6) is 5.75 Å². The molecule has 3 nitrogen and oxygen atoms in total. The fourth-order valence-corrected chi connectivity index (χ4v) is 3.90. The Hall–Kier alpha value is -0.770. The molecule has 1 aromatic rings. The van der Waals surface area contributed by atoms with E-state index < -0.39 is 0 Å². The molecule has 2 aliphatic rings. The lowest BCUT2D eigenvalue weighted by atomic mass is 9.94. The number of ether oxygens (including phenoxy) is 1. The lowest BCUT2D eigenvalue weighted by Crippen LogP contribution is -2.58. The minimum Gasteiger partial charge on any atom is -0.496 e.